The van der Waals surface area contributed by atoms with Gasteiger partial charge < -0.3 is 15.5 Å². The lowest BCUT2D eigenvalue weighted by atomic mass is 10.1. The molecule has 1 heterocycles. The number of nitrogens with zero attached hydrogens (tertiary/aromatic N) is 2. The summed E-state index contributed by atoms with van der Waals surface area (Å²) in [4.78, 5) is 19.2. The highest BCUT2D eigenvalue weighted by Crippen LogP contribution is 2.09. The van der Waals surface area contributed by atoms with Crippen molar-refractivity contribution in [3.63, 3.8) is 0 Å². The van der Waals surface area contributed by atoms with Gasteiger partial charge in [0.2, 0.25) is 5.91 Å². The molecule has 0 aliphatic carbocycles. The van der Waals surface area contributed by atoms with Crippen molar-refractivity contribution in [3.8, 4) is 0 Å². The summed E-state index contributed by atoms with van der Waals surface area (Å²) >= 11 is 1.75. The summed E-state index contributed by atoms with van der Waals surface area (Å²) in [6.07, 6.45) is 1.85. The number of rotatable bonds is 8. The lowest BCUT2D eigenvalue weighted by Gasteiger charge is -2.14. The Bertz CT molecular complexity index is 733. The molecule has 0 fully saturated rings. The van der Waals surface area contributed by atoms with E-state index in [9.17, 15) is 4.79 Å². The fraction of sp³-hybridized carbons (Fsp3) is 0.429. The summed E-state index contributed by atoms with van der Waals surface area (Å²) in [6.45, 7) is 5.94. The first-order valence-electron chi connectivity index (χ1n) is 9.26. The molecule has 1 aromatic heterocycles. The average molecular weight is 387 g/mol. The van der Waals surface area contributed by atoms with Gasteiger partial charge in [-0.2, -0.15) is 0 Å². The molecule has 2 aromatic rings. The highest BCUT2D eigenvalue weighted by Gasteiger charge is 2.05. The number of aliphatic imine (C=N–C) groups is 1. The van der Waals surface area contributed by atoms with Crippen molar-refractivity contribution in [2.24, 2.45) is 4.99 Å². The molecule has 0 atom stereocenters. The van der Waals surface area contributed by atoms with Crippen LogP contribution < -0.4 is 10.6 Å². The van der Waals surface area contributed by atoms with Gasteiger partial charge in [-0.15, -0.1) is 11.3 Å². The molecule has 0 unspecified atom stereocenters. The number of carbonyl (C=O) groups is 1. The molecule has 0 saturated heterocycles. The number of likely N-dealkylation sites (N-methyl/N-ethyl adjacent to an activating group) is 1. The quantitative estimate of drug-likeness (QED) is 0.542. The van der Waals surface area contributed by atoms with Crippen molar-refractivity contribution >= 4 is 23.2 Å². The minimum Gasteiger partial charge on any atom is -0.356 e. The summed E-state index contributed by atoms with van der Waals surface area (Å²) in [7, 11) is 3.49. The number of aryl methyl sites for hydroxylation is 2. The third-order valence-corrected chi connectivity index (χ3v) is 5.04. The number of hydrogen-bond acceptors (Lipinski definition) is 3. The van der Waals surface area contributed by atoms with Crippen LogP contribution in [0.15, 0.2) is 40.7 Å². The van der Waals surface area contributed by atoms with E-state index in [-0.39, 0.29) is 12.5 Å². The van der Waals surface area contributed by atoms with Gasteiger partial charge in [-0.1, -0.05) is 35.4 Å². The molecular formula is C21H30N4OS. The van der Waals surface area contributed by atoms with Gasteiger partial charge in [0.1, 0.15) is 6.54 Å². The SMILES string of the molecule is Cc1cc(C)cc(CCNC(=NCC(=O)N(C)C)NCCc2cccs2)c1. The van der Waals surface area contributed by atoms with Crippen LogP contribution in [-0.2, 0) is 17.6 Å². The molecule has 0 bridgehead atoms. The van der Waals surface area contributed by atoms with E-state index in [0.717, 1.165) is 25.9 Å². The number of hydrogen-bond donors (Lipinski definition) is 2. The van der Waals surface area contributed by atoms with Crippen molar-refractivity contribution in [3.05, 3.63) is 57.3 Å². The van der Waals surface area contributed by atoms with Crippen molar-refractivity contribution in [1.82, 2.24) is 15.5 Å². The minimum atomic E-state index is -0.0105. The van der Waals surface area contributed by atoms with Gasteiger partial charge in [0, 0.05) is 32.1 Å². The number of thiophene rings is 1. The normalized spacial score (nSPS) is 11.3. The zero-order valence-corrected chi connectivity index (χ0v) is 17.5. The molecule has 6 heteroatoms. The Morgan fingerprint density at radius 3 is 2.33 bits per heavy atom. The van der Waals surface area contributed by atoms with Crippen molar-refractivity contribution < 1.29 is 4.79 Å². The Balaban J connectivity index is 1.89. The predicted molar refractivity (Wildman–Crippen MR) is 115 cm³/mol. The lowest BCUT2D eigenvalue weighted by molar-refractivity contribution is -0.127. The minimum absolute atomic E-state index is 0.0105. The molecule has 2 N–H and O–H groups in total. The topological polar surface area (TPSA) is 56.7 Å². The van der Waals surface area contributed by atoms with Crippen molar-refractivity contribution in [1.29, 1.82) is 0 Å². The molecular weight excluding hydrogens is 356 g/mol. The molecule has 0 saturated carbocycles. The second-order valence-corrected chi connectivity index (χ2v) is 7.91. The number of guanidine groups is 1. The van der Waals surface area contributed by atoms with E-state index in [0.29, 0.717) is 5.96 Å². The largest absolute Gasteiger partial charge is 0.356 e. The van der Waals surface area contributed by atoms with Crippen molar-refractivity contribution in [2.45, 2.75) is 26.7 Å². The van der Waals surface area contributed by atoms with E-state index in [4.69, 9.17) is 0 Å². The van der Waals surface area contributed by atoms with Gasteiger partial charge in [-0.3, -0.25) is 4.79 Å². The Morgan fingerprint density at radius 1 is 1.07 bits per heavy atom. The second kappa shape index (κ2) is 10.7. The standard InChI is InChI=1S/C21H30N4OS/c1-16-12-17(2)14-18(13-16)7-9-22-21(24-15-20(26)25(3)4)23-10-8-19-6-5-11-27-19/h5-6,11-14H,7-10,15H2,1-4H3,(H2,22,23,24). The molecule has 2 rings (SSSR count). The molecule has 0 radical (unpaired) electrons. The number of amides is 1. The summed E-state index contributed by atoms with van der Waals surface area (Å²) in [5, 5.41) is 8.77. The highest BCUT2D eigenvalue weighted by atomic mass is 32.1. The van der Waals surface area contributed by atoms with Gasteiger partial charge >= 0.3 is 0 Å². The monoisotopic (exact) mass is 386 g/mol. The summed E-state index contributed by atoms with van der Waals surface area (Å²) in [5.41, 5.74) is 3.87. The van der Waals surface area contributed by atoms with Crippen LogP contribution in [0.4, 0.5) is 0 Å². The van der Waals surface area contributed by atoms with E-state index < -0.39 is 0 Å². The Morgan fingerprint density at radius 2 is 1.74 bits per heavy atom. The second-order valence-electron chi connectivity index (χ2n) is 6.88. The Kier molecular flexibility index (Phi) is 8.33. The molecule has 146 valence electrons. The van der Waals surface area contributed by atoms with Crippen LogP contribution in [0.5, 0.6) is 0 Å². The van der Waals surface area contributed by atoms with Gasteiger partial charge in [0.15, 0.2) is 5.96 Å². The van der Waals surface area contributed by atoms with E-state index in [1.807, 2.05) is 0 Å². The van der Waals surface area contributed by atoms with Crippen molar-refractivity contribution in [2.75, 3.05) is 33.7 Å². The fourth-order valence-corrected chi connectivity index (χ4v) is 3.47. The van der Waals surface area contributed by atoms with Gasteiger partial charge in [-0.05, 0) is 43.7 Å². The van der Waals surface area contributed by atoms with Crippen LogP contribution in [0.2, 0.25) is 0 Å². The zero-order chi connectivity index (χ0) is 19.6. The fourth-order valence-electron chi connectivity index (χ4n) is 2.76. The number of nitrogens with one attached hydrogen (secondary N) is 2. The maximum Gasteiger partial charge on any atom is 0.243 e. The molecule has 0 spiro atoms. The van der Waals surface area contributed by atoms with E-state index in [1.54, 1.807) is 30.3 Å². The smallest absolute Gasteiger partial charge is 0.243 e. The van der Waals surface area contributed by atoms with Gasteiger partial charge in [0.05, 0.1) is 0 Å². The Labute approximate surface area is 166 Å². The predicted octanol–water partition coefficient (Wildman–Crippen LogP) is 2.77. The van der Waals surface area contributed by atoms with Crippen LogP contribution >= 0.6 is 11.3 Å². The van der Waals surface area contributed by atoms with Crippen LogP contribution in [-0.4, -0.2) is 50.5 Å². The lowest BCUT2D eigenvalue weighted by Crippen LogP contribution is -2.40. The number of carbonyl (C=O) groups excluding carboxylic acids is 1. The first-order valence-corrected chi connectivity index (χ1v) is 10.1. The Hall–Kier alpha value is -2.34. The van der Waals surface area contributed by atoms with Gasteiger partial charge in [-0.25, -0.2) is 4.99 Å². The van der Waals surface area contributed by atoms with E-state index >= 15 is 0 Å². The molecule has 1 aromatic carbocycles. The molecule has 0 aliphatic rings. The molecule has 27 heavy (non-hydrogen) atoms. The summed E-state index contributed by atoms with van der Waals surface area (Å²) in [5.74, 6) is 0.676. The first kappa shape index (κ1) is 21.0. The van der Waals surface area contributed by atoms with Crippen LogP contribution in [0.1, 0.15) is 21.6 Å². The summed E-state index contributed by atoms with van der Waals surface area (Å²) < 4.78 is 0. The maximum atomic E-state index is 11.8. The molecule has 0 aliphatic heterocycles. The maximum absolute atomic E-state index is 11.8. The molecule has 1 amide bonds. The first-order chi connectivity index (χ1) is 12.9. The van der Waals surface area contributed by atoms with Crippen LogP contribution in [0, 0.1) is 13.8 Å². The average Bonchev–Trinajstić information content (AvgIpc) is 3.11. The third-order valence-electron chi connectivity index (χ3n) is 4.10. The van der Waals surface area contributed by atoms with Gasteiger partial charge in [0.25, 0.3) is 0 Å². The van der Waals surface area contributed by atoms with Crippen LogP contribution in [0.25, 0.3) is 0 Å². The van der Waals surface area contributed by atoms with E-state index in [1.165, 1.54) is 21.6 Å². The summed E-state index contributed by atoms with van der Waals surface area (Å²) in [6, 6.07) is 10.8. The van der Waals surface area contributed by atoms with E-state index in [2.05, 4.69) is 65.2 Å². The third kappa shape index (κ3) is 7.83. The zero-order valence-electron chi connectivity index (χ0n) is 16.7. The molecule has 5 nitrogen and oxygen atoms in total. The van der Waals surface area contributed by atoms with Crippen LogP contribution in [0.3, 0.4) is 0 Å². The number of benzene rings is 1. The highest BCUT2D eigenvalue weighted by molar-refractivity contribution is 7.09.